The van der Waals surface area contributed by atoms with Gasteiger partial charge in [0.05, 0.1) is 0 Å². The van der Waals surface area contributed by atoms with Gasteiger partial charge in [-0.1, -0.05) is 27.4 Å². The molecule has 0 amide bonds. The summed E-state index contributed by atoms with van der Waals surface area (Å²) >= 11 is 0. The monoisotopic (exact) mass is 243 g/mol. The van der Waals surface area contributed by atoms with E-state index in [9.17, 15) is 0 Å². The molecule has 0 saturated heterocycles. The first kappa shape index (κ1) is 12.7. The largest absolute Gasteiger partial charge is 0.384 e. The lowest BCUT2D eigenvalue weighted by molar-refractivity contribution is 0.461. The Kier molecular flexibility index (Phi) is 3.16. The van der Waals surface area contributed by atoms with Gasteiger partial charge in [-0.05, 0) is 18.6 Å². The molecule has 2 rings (SSSR count). The summed E-state index contributed by atoms with van der Waals surface area (Å²) in [7, 11) is 0. The first-order chi connectivity index (χ1) is 8.39. The average Bonchev–Trinajstić information content (AvgIpc) is 2.74. The van der Waals surface area contributed by atoms with Gasteiger partial charge in [-0.3, -0.25) is 0 Å². The third-order valence-corrected chi connectivity index (χ3v) is 3.28. The Morgan fingerprint density at radius 3 is 2.78 bits per heavy atom. The quantitative estimate of drug-likeness (QED) is 0.896. The van der Waals surface area contributed by atoms with E-state index in [-0.39, 0.29) is 5.41 Å². The molecule has 0 fully saturated rings. The molecular formula is C15H21N3. The Balaban J connectivity index is 2.24. The molecule has 2 aromatic rings. The second-order valence-corrected chi connectivity index (χ2v) is 5.72. The van der Waals surface area contributed by atoms with Crippen LogP contribution in [0.4, 0.5) is 0 Å². The fourth-order valence-corrected chi connectivity index (χ4v) is 1.81. The van der Waals surface area contributed by atoms with Crippen LogP contribution >= 0.6 is 0 Å². The number of hydrogen-bond acceptors (Lipinski definition) is 2. The number of aromatic nitrogens is 2. The van der Waals surface area contributed by atoms with Crippen molar-refractivity contribution in [1.29, 1.82) is 0 Å². The summed E-state index contributed by atoms with van der Waals surface area (Å²) in [6, 6.07) is 2.12. The van der Waals surface area contributed by atoms with Gasteiger partial charge in [0.2, 0.25) is 0 Å². The summed E-state index contributed by atoms with van der Waals surface area (Å²) in [5, 5.41) is 3.41. The van der Waals surface area contributed by atoms with Gasteiger partial charge >= 0.3 is 0 Å². The van der Waals surface area contributed by atoms with Crippen molar-refractivity contribution in [2.24, 2.45) is 5.41 Å². The van der Waals surface area contributed by atoms with Gasteiger partial charge in [-0.2, -0.15) is 0 Å². The van der Waals surface area contributed by atoms with Crippen LogP contribution in [0, 0.1) is 12.3 Å². The van der Waals surface area contributed by atoms with Crippen molar-refractivity contribution in [3.63, 3.8) is 0 Å². The molecule has 96 valence electrons. The summed E-state index contributed by atoms with van der Waals surface area (Å²) in [6.45, 7) is 13.5. The predicted molar refractivity (Wildman–Crippen MR) is 75.4 cm³/mol. The van der Waals surface area contributed by atoms with Gasteiger partial charge in [0.15, 0.2) is 0 Å². The van der Waals surface area contributed by atoms with Crippen LogP contribution in [0.2, 0.25) is 0 Å². The molecule has 0 aromatic carbocycles. The fourth-order valence-electron chi connectivity index (χ4n) is 1.81. The maximum Gasteiger partial charge on any atom is 0.141 e. The Morgan fingerprint density at radius 1 is 1.39 bits per heavy atom. The molecule has 0 aliphatic rings. The highest BCUT2D eigenvalue weighted by molar-refractivity contribution is 5.51. The molecule has 0 saturated carbocycles. The van der Waals surface area contributed by atoms with Crippen LogP contribution in [0.25, 0.3) is 5.65 Å². The van der Waals surface area contributed by atoms with Crippen LogP contribution in [-0.2, 0) is 6.54 Å². The van der Waals surface area contributed by atoms with Crippen molar-refractivity contribution in [1.82, 2.24) is 14.7 Å². The second-order valence-electron chi connectivity index (χ2n) is 5.72. The van der Waals surface area contributed by atoms with Crippen LogP contribution in [0.3, 0.4) is 0 Å². The fraction of sp³-hybridized carbons (Fsp3) is 0.400. The van der Waals surface area contributed by atoms with Crippen molar-refractivity contribution in [2.75, 3.05) is 0 Å². The maximum atomic E-state index is 4.41. The Hall–Kier alpha value is -1.77. The molecule has 0 aliphatic heterocycles. The van der Waals surface area contributed by atoms with Gasteiger partial charge < -0.3 is 9.72 Å². The van der Waals surface area contributed by atoms with E-state index in [1.165, 1.54) is 11.1 Å². The van der Waals surface area contributed by atoms with Gasteiger partial charge in [0.1, 0.15) is 5.65 Å². The number of aryl methyl sites for hydroxylation is 1. The highest BCUT2D eigenvalue weighted by Crippen LogP contribution is 2.22. The summed E-state index contributed by atoms with van der Waals surface area (Å²) in [6.07, 6.45) is 5.84. The summed E-state index contributed by atoms with van der Waals surface area (Å²) in [5.41, 5.74) is 4.63. The van der Waals surface area contributed by atoms with Crippen LogP contribution in [0.1, 0.15) is 31.9 Å². The first-order valence-electron chi connectivity index (χ1n) is 6.24. The Bertz CT molecular complexity index is 573. The topological polar surface area (TPSA) is 29.3 Å². The zero-order valence-corrected chi connectivity index (χ0v) is 11.6. The predicted octanol–water partition coefficient (Wildman–Crippen LogP) is 3.29. The summed E-state index contributed by atoms with van der Waals surface area (Å²) < 4.78 is 2.05. The number of rotatable bonds is 3. The van der Waals surface area contributed by atoms with Gasteiger partial charge in [0.25, 0.3) is 0 Å². The van der Waals surface area contributed by atoms with Gasteiger partial charge in [-0.15, -0.1) is 0 Å². The third-order valence-electron chi connectivity index (χ3n) is 3.28. The minimum atomic E-state index is 0.0778. The Labute approximate surface area is 109 Å². The van der Waals surface area contributed by atoms with E-state index in [1.807, 2.05) is 23.0 Å². The van der Waals surface area contributed by atoms with Gasteiger partial charge in [0, 0.05) is 41.8 Å². The molecule has 0 unspecified atom stereocenters. The maximum absolute atomic E-state index is 4.41. The molecule has 2 heterocycles. The molecule has 3 heteroatoms. The molecule has 18 heavy (non-hydrogen) atoms. The molecule has 0 radical (unpaired) electrons. The van der Waals surface area contributed by atoms with Crippen LogP contribution < -0.4 is 5.32 Å². The lowest BCUT2D eigenvalue weighted by atomic mass is 9.93. The zero-order chi connectivity index (χ0) is 13.3. The Morgan fingerprint density at radius 2 is 2.11 bits per heavy atom. The van der Waals surface area contributed by atoms with E-state index in [0.717, 1.165) is 17.9 Å². The summed E-state index contributed by atoms with van der Waals surface area (Å²) in [5.74, 6) is 0. The lowest BCUT2D eigenvalue weighted by Crippen LogP contribution is -2.23. The minimum Gasteiger partial charge on any atom is -0.384 e. The van der Waals surface area contributed by atoms with E-state index in [4.69, 9.17) is 0 Å². The lowest BCUT2D eigenvalue weighted by Gasteiger charge is -2.23. The molecule has 2 aromatic heterocycles. The number of hydrogen-bond donors (Lipinski definition) is 1. The van der Waals surface area contributed by atoms with Crippen LogP contribution in [0.5, 0.6) is 0 Å². The van der Waals surface area contributed by atoms with Crippen molar-refractivity contribution in [3.05, 3.63) is 48.1 Å². The minimum absolute atomic E-state index is 0.0778. The van der Waals surface area contributed by atoms with E-state index >= 15 is 0 Å². The van der Waals surface area contributed by atoms with E-state index in [0.29, 0.717) is 0 Å². The van der Waals surface area contributed by atoms with Crippen molar-refractivity contribution < 1.29 is 0 Å². The second kappa shape index (κ2) is 4.48. The number of allylic oxidation sites excluding steroid dienone is 1. The molecule has 1 N–H and O–H groups in total. The standard InChI is InChI=1S/C15H21N3/c1-11-6-8-18-9-7-16-14(18)13(11)10-17-12(2)15(3,4)5/h6-9,17H,2,10H2,1,3-5H3. The number of nitrogens with one attached hydrogen (secondary N) is 1. The average molecular weight is 243 g/mol. The smallest absolute Gasteiger partial charge is 0.141 e. The van der Waals surface area contributed by atoms with Crippen LogP contribution in [-0.4, -0.2) is 9.38 Å². The first-order valence-corrected chi connectivity index (χ1v) is 6.24. The highest BCUT2D eigenvalue weighted by Gasteiger charge is 2.15. The third kappa shape index (κ3) is 2.40. The molecule has 3 nitrogen and oxygen atoms in total. The molecular weight excluding hydrogens is 222 g/mol. The van der Waals surface area contributed by atoms with E-state index in [1.54, 1.807) is 0 Å². The van der Waals surface area contributed by atoms with Gasteiger partial charge in [-0.25, -0.2) is 4.98 Å². The van der Waals surface area contributed by atoms with Crippen LogP contribution in [0.15, 0.2) is 36.9 Å². The highest BCUT2D eigenvalue weighted by atomic mass is 15.0. The van der Waals surface area contributed by atoms with Crippen molar-refractivity contribution >= 4 is 5.65 Å². The number of pyridine rings is 1. The molecule has 0 bridgehead atoms. The van der Waals surface area contributed by atoms with Crippen molar-refractivity contribution in [3.8, 4) is 0 Å². The zero-order valence-electron chi connectivity index (χ0n) is 11.6. The normalized spacial score (nSPS) is 11.8. The molecule has 0 spiro atoms. The SMILES string of the molecule is C=C(NCc1c(C)ccn2ccnc12)C(C)(C)C. The molecule has 0 aliphatic carbocycles. The van der Waals surface area contributed by atoms with E-state index in [2.05, 4.69) is 50.6 Å². The number of imidazole rings is 1. The molecule has 0 atom stereocenters. The van der Waals surface area contributed by atoms with Crippen molar-refractivity contribution in [2.45, 2.75) is 34.2 Å². The number of fused-ring (bicyclic) bond motifs is 1. The number of nitrogens with zero attached hydrogens (tertiary/aromatic N) is 2. The summed E-state index contributed by atoms with van der Waals surface area (Å²) in [4.78, 5) is 4.41. The van der Waals surface area contributed by atoms with E-state index < -0.39 is 0 Å².